The number of benzene rings is 1. The van der Waals surface area contributed by atoms with Gasteiger partial charge in [0, 0.05) is 38.0 Å². The first-order chi connectivity index (χ1) is 15.5. The van der Waals surface area contributed by atoms with Crippen molar-refractivity contribution in [2.45, 2.75) is 39.5 Å². The fourth-order valence-corrected chi connectivity index (χ4v) is 5.05. The monoisotopic (exact) mass is 451 g/mol. The number of rotatable bonds is 7. The van der Waals surface area contributed by atoms with E-state index >= 15 is 0 Å². The van der Waals surface area contributed by atoms with Crippen LogP contribution in [0.15, 0.2) is 47.1 Å². The average Bonchev–Trinajstić information content (AvgIpc) is 3.44. The molecule has 168 valence electrons. The van der Waals surface area contributed by atoms with E-state index in [1.165, 1.54) is 16.9 Å². The molecule has 1 aromatic carbocycles. The topological polar surface area (TPSA) is 75.4 Å². The van der Waals surface area contributed by atoms with Crippen molar-refractivity contribution in [2.75, 3.05) is 19.6 Å². The van der Waals surface area contributed by atoms with Crippen LogP contribution in [-0.2, 0) is 11.2 Å². The van der Waals surface area contributed by atoms with E-state index in [-0.39, 0.29) is 11.8 Å². The van der Waals surface area contributed by atoms with Crippen LogP contribution < -0.4 is 5.32 Å². The summed E-state index contributed by atoms with van der Waals surface area (Å²) in [6.07, 6.45) is 4.55. The van der Waals surface area contributed by atoms with Gasteiger partial charge in [0.15, 0.2) is 0 Å². The lowest BCUT2D eigenvalue weighted by molar-refractivity contribution is -0.122. The molecule has 1 aliphatic heterocycles. The van der Waals surface area contributed by atoms with Crippen LogP contribution in [0.2, 0.25) is 0 Å². The van der Waals surface area contributed by atoms with Gasteiger partial charge in [-0.05, 0) is 44.7 Å². The number of nitrogens with zero attached hydrogens (tertiary/aromatic N) is 2. The van der Waals surface area contributed by atoms with E-state index in [1.54, 1.807) is 6.26 Å². The van der Waals surface area contributed by atoms with E-state index in [0.717, 1.165) is 39.7 Å². The number of hydrogen-bond donors (Lipinski definition) is 1. The summed E-state index contributed by atoms with van der Waals surface area (Å²) in [5.74, 6) is 1.32. The van der Waals surface area contributed by atoms with Crippen LogP contribution in [0.5, 0.6) is 0 Å². The maximum atomic E-state index is 13.1. The molecule has 4 rings (SSSR count). The van der Waals surface area contributed by atoms with Crippen molar-refractivity contribution >= 4 is 23.2 Å². The summed E-state index contributed by atoms with van der Waals surface area (Å²) in [5.41, 5.74) is 3.03. The number of furan rings is 1. The molecule has 1 fully saturated rings. The van der Waals surface area contributed by atoms with E-state index in [1.807, 2.05) is 36.1 Å². The lowest BCUT2D eigenvalue weighted by Crippen LogP contribution is -2.39. The number of thiazole rings is 1. The van der Waals surface area contributed by atoms with Crippen LogP contribution in [0, 0.1) is 19.8 Å². The molecule has 6 nitrogen and oxygen atoms in total. The van der Waals surface area contributed by atoms with Crippen molar-refractivity contribution < 1.29 is 14.0 Å². The third-order valence-electron chi connectivity index (χ3n) is 5.94. The average molecular weight is 452 g/mol. The molecule has 0 atom stereocenters. The van der Waals surface area contributed by atoms with Gasteiger partial charge in [0.05, 0.1) is 12.0 Å². The van der Waals surface area contributed by atoms with Gasteiger partial charge in [-0.3, -0.25) is 9.59 Å². The number of aryl methyl sites for hydroxylation is 2. The minimum atomic E-state index is 0.0553. The largest absolute Gasteiger partial charge is 0.469 e. The highest BCUT2D eigenvalue weighted by atomic mass is 32.1. The van der Waals surface area contributed by atoms with Gasteiger partial charge in [-0.2, -0.15) is 0 Å². The molecule has 0 unspecified atom stereocenters. The minimum absolute atomic E-state index is 0.0553. The SMILES string of the molecule is Cc1ccc(-c2nc(C)c(C(=O)N3CCC(CC(=O)NCCc4ccco4)CC3)s2)cc1. The first kappa shape index (κ1) is 22.3. The molecule has 0 aliphatic carbocycles. The predicted octanol–water partition coefficient (Wildman–Crippen LogP) is 4.62. The van der Waals surface area contributed by atoms with Crippen molar-refractivity contribution in [3.05, 3.63) is 64.6 Å². The van der Waals surface area contributed by atoms with Gasteiger partial charge in [-0.15, -0.1) is 11.3 Å². The normalized spacial score (nSPS) is 14.5. The fourth-order valence-electron chi connectivity index (χ4n) is 4.01. The van der Waals surface area contributed by atoms with Crippen LogP contribution in [-0.4, -0.2) is 41.3 Å². The van der Waals surface area contributed by atoms with Gasteiger partial charge < -0.3 is 14.6 Å². The molecule has 1 N–H and O–H groups in total. The second-order valence-corrected chi connectivity index (χ2v) is 9.42. The molecular formula is C25H29N3O3S. The number of carbonyl (C=O) groups is 2. The minimum Gasteiger partial charge on any atom is -0.469 e. The van der Waals surface area contributed by atoms with Gasteiger partial charge in [0.1, 0.15) is 15.6 Å². The molecule has 0 saturated carbocycles. The maximum Gasteiger partial charge on any atom is 0.265 e. The van der Waals surface area contributed by atoms with E-state index < -0.39 is 0 Å². The van der Waals surface area contributed by atoms with Crippen molar-refractivity contribution in [1.29, 1.82) is 0 Å². The van der Waals surface area contributed by atoms with E-state index in [9.17, 15) is 9.59 Å². The molecule has 2 amide bonds. The highest BCUT2D eigenvalue weighted by Crippen LogP contribution is 2.30. The highest BCUT2D eigenvalue weighted by Gasteiger charge is 2.27. The Morgan fingerprint density at radius 1 is 1.16 bits per heavy atom. The van der Waals surface area contributed by atoms with E-state index in [2.05, 4.69) is 29.4 Å². The lowest BCUT2D eigenvalue weighted by atomic mass is 9.93. The second kappa shape index (κ2) is 10.1. The Kier molecular flexibility index (Phi) is 7.05. The Labute approximate surface area is 192 Å². The van der Waals surface area contributed by atoms with Gasteiger partial charge in [0.25, 0.3) is 5.91 Å². The van der Waals surface area contributed by atoms with Crippen molar-refractivity contribution in [2.24, 2.45) is 5.92 Å². The van der Waals surface area contributed by atoms with Gasteiger partial charge in [-0.1, -0.05) is 29.8 Å². The first-order valence-corrected chi connectivity index (χ1v) is 11.9. The van der Waals surface area contributed by atoms with Crippen LogP contribution in [0.1, 0.15) is 46.0 Å². The molecule has 3 heterocycles. The summed E-state index contributed by atoms with van der Waals surface area (Å²) < 4.78 is 5.28. The molecular weight excluding hydrogens is 422 g/mol. The fraction of sp³-hybridized carbons (Fsp3) is 0.400. The smallest absolute Gasteiger partial charge is 0.265 e. The number of nitrogens with one attached hydrogen (secondary N) is 1. The van der Waals surface area contributed by atoms with Crippen molar-refractivity contribution in [3.63, 3.8) is 0 Å². The molecule has 0 spiro atoms. The maximum absolute atomic E-state index is 13.1. The summed E-state index contributed by atoms with van der Waals surface area (Å²) in [4.78, 5) is 32.6. The van der Waals surface area contributed by atoms with Gasteiger partial charge >= 0.3 is 0 Å². The van der Waals surface area contributed by atoms with Crippen molar-refractivity contribution in [1.82, 2.24) is 15.2 Å². The van der Waals surface area contributed by atoms with E-state index in [4.69, 9.17) is 4.42 Å². The highest BCUT2D eigenvalue weighted by molar-refractivity contribution is 7.17. The Hall–Kier alpha value is -2.93. The Morgan fingerprint density at radius 2 is 1.91 bits per heavy atom. The number of hydrogen-bond acceptors (Lipinski definition) is 5. The summed E-state index contributed by atoms with van der Waals surface area (Å²) in [7, 11) is 0. The van der Waals surface area contributed by atoms with E-state index in [0.29, 0.717) is 38.4 Å². The number of amides is 2. The summed E-state index contributed by atoms with van der Waals surface area (Å²) in [5, 5.41) is 3.85. The number of carbonyl (C=O) groups excluding carboxylic acids is 2. The van der Waals surface area contributed by atoms with Crippen LogP contribution in [0.3, 0.4) is 0 Å². The lowest BCUT2D eigenvalue weighted by Gasteiger charge is -2.31. The van der Waals surface area contributed by atoms with Gasteiger partial charge in [0.2, 0.25) is 5.91 Å². The van der Waals surface area contributed by atoms with Crippen LogP contribution in [0.25, 0.3) is 10.6 Å². The summed E-state index contributed by atoms with van der Waals surface area (Å²) in [6.45, 7) is 5.90. The number of aromatic nitrogens is 1. The standard InChI is InChI=1S/C25H29N3O3S/c1-17-5-7-20(8-6-17)24-27-18(2)23(32-24)25(30)28-13-10-19(11-14-28)16-22(29)26-12-9-21-4-3-15-31-21/h3-8,15,19H,9-14,16H2,1-2H3,(H,26,29). The molecule has 3 aromatic rings. The number of likely N-dealkylation sites (tertiary alicyclic amines) is 1. The summed E-state index contributed by atoms with van der Waals surface area (Å²) in [6, 6.07) is 12.0. The Balaban J connectivity index is 1.26. The number of piperidine rings is 1. The second-order valence-electron chi connectivity index (χ2n) is 8.42. The zero-order valence-corrected chi connectivity index (χ0v) is 19.4. The van der Waals surface area contributed by atoms with Gasteiger partial charge in [-0.25, -0.2) is 4.98 Å². The first-order valence-electron chi connectivity index (χ1n) is 11.1. The molecule has 1 saturated heterocycles. The van der Waals surface area contributed by atoms with Crippen molar-refractivity contribution in [3.8, 4) is 10.6 Å². The zero-order chi connectivity index (χ0) is 22.5. The molecule has 1 aliphatic rings. The molecule has 32 heavy (non-hydrogen) atoms. The van der Waals surface area contributed by atoms with Crippen LogP contribution in [0.4, 0.5) is 0 Å². The Bertz CT molecular complexity index is 1050. The Morgan fingerprint density at radius 3 is 2.59 bits per heavy atom. The molecule has 0 radical (unpaired) electrons. The molecule has 2 aromatic heterocycles. The predicted molar refractivity (Wildman–Crippen MR) is 126 cm³/mol. The third-order valence-corrected chi connectivity index (χ3v) is 7.13. The zero-order valence-electron chi connectivity index (χ0n) is 18.6. The van der Waals surface area contributed by atoms with Crippen LogP contribution >= 0.6 is 11.3 Å². The third kappa shape index (κ3) is 5.46. The summed E-state index contributed by atoms with van der Waals surface area (Å²) >= 11 is 1.47. The quantitative estimate of drug-likeness (QED) is 0.569. The molecule has 0 bridgehead atoms. The molecule has 7 heteroatoms.